The summed E-state index contributed by atoms with van der Waals surface area (Å²) in [6, 6.07) is 8.70. The first-order valence-corrected chi connectivity index (χ1v) is 6.73. The highest BCUT2D eigenvalue weighted by atomic mass is 16.5. The molecule has 1 aliphatic rings. The standard InChI is InChI=1S/C14H18N4O/c1-2-12(7-11-19-10-1)17-13-3-5-14(6-4-13)18-15-8-9-16-18/h3-6,8-9,12,17H,1-2,7,10-11H2. The molecule has 0 saturated carbocycles. The van der Waals surface area contributed by atoms with Crippen molar-refractivity contribution in [3.63, 3.8) is 0 Å². The fraction of sp³-hybridized carbons (Fsp3) is 0.429. The maximum atomic E-state index is 5.47. The van der Waals surface area contributed by atoms with Crippen molar-refractivity contribution in [1.29, 1.82) is 0 Å². The molecule has 0 aliphatic carbocycles. The molecule has 1 aromatic carbocycles. The van der Waals surface area contributed by atoms with E-state index < -0.39 is 0 Å². The Labute approximate surface area is 112 Å². The number of aromatic nitrogens is 3. The van der Waals surface area contributed by atoms with Crippen LogP contribution in [0.5, 0.6) is 0 Å². The molecule has 19 heavy (non-hydrogen) atoms. The fourth-order valence-electron chi connectivity index (χ4n) is 2.32. The lowest BCUT2D eigenvalue weighted by atomic mass is 10.1. The van der Waals surface area contributed by atoms with Crippen LogP contribution in [0.25, 0.3) is 5.69 Å². The van der Waals surface area contributed by atoms with E-state index in [0.717, 1.165) is 37.4 Å². The monoisotopic (exact) mass is 258 g/mol. The molecule has 1 unspecified atom stereocenters. The third-order valence-electron chi connectivity index (χ3n) is 3.34. The Morgan fingerprint density at radius 2 is 1.84 bits per heavy atom. The van der Waals surface area contributed by atoms with E-state index in [9.17, 15) is 0 Å². The number of nitrogens with one attached hydrogen (secondary N) is 1. The average molecular weight is 258 g/mol. The molecule has 0 spiro atoms. The van der Waals surface area contributed by atoms with Gasteiger partial charge in [0.05, 0.1) is 18.1 Å². The predicted octanol–water partition coefficient (Wildman–Crippen LogP) is 2.25. The molecule has 100 valence electrons. The van der Waals surface area contributed by atoms with Gasteiger partial charge in [-0.25, -0.2) is 0 Å². The molecular formula is C14H18N4O. The molecule has 1 aromatic heterocycles. The van der Waals surface area contributed by atoms with E-state index in [2.05, 4.69) is 27.6 Å². The first kappa shape index (κ1) is 12.2. The minimum atomic E-state index is 0.510. The Bertz CT molecular complexity index is 487. The molecule has 1 N–H and O–H groups in total. The van der Waals surface area contributed by atoms with E-state index in [1.165, 1.54) is 6.42 Å². The van der Waals surface area contributed by atoms with Crippen LogP contribution >= 0.6 is 0 Å². The number of hydrogen-bond acceptors (Lipinski definition) is 4. The summed E-state index contributed by atoms with van der Waals surface area (Å²) < 4.78 is 5.47. The Hall–Kier alpha value is -1.88. The lowest BCUT2D eigenvalue weighted by molar-refractivity contribution is 0.144. The van der Waals surface area contributed by atoms with Crippen molar-refractivity contribution in [1.82, 2.24) is 15.0 Å². The molecule has 1 aliphatic heterocycles. The van der Waals surface area contributed by atoms with Gasteiger partial charge in [0.25, 0.3) is 0 Å². The molecule has 3 rings (SSSR count). The molecule has 1 saturated heterocycles. The Kier molecular flexibility index (Phi) is 3.74. The van der Waals surface area contributed by atoms with Crippen LogP contribution in [0.3, 0.4) is 0 Å². The number of hydrogen-bond donors (Lipinski definition) is 1. The smallest absolute Gasteiger partial charge is 0.0858 e. The van der Waals surface area contributed by atoms with Gasteiger partial charge in [-0.2, -0.15) is 15.0 Å². The van der Waals surface area contributed by atoms with Crippen molar-refractivity contribution in [2.24, 2.45) is 0 Å². The van der Waals surface area contributed by atoms with Crippen LogP contribution in [0.15, 0.2) is 36.7 Å². The van der Waals surface area contributed by atoms with Gasteiger partial charge in [0.2, 0.25) is 0 Å². The SMILES string of the molecule is c1cnn(-c2ccc(NC3CCCOCC3)cc2)n1. The summed E-state index contributed by atoms with van der Waals surface area (Å²) in [5.74, 6) is 0. The van der Waals surface area contributed by atoms with Crippen molar-refractivity contribution in [3.8, 4) is 5.69 Å². The van der Waals surface area contributed by atoms with Gasteiger partial charge >= 0.3 is 0 Å². The summed E-state index contributed by atoms with van der Waals surface area (Å²) >= 11 is 0. The predicted molar refractivity (Wildman–Crippen MR) is 73.4 cm³/mol. The molecule has 5 heteroatoms. The molecule has 0 radical (unpaired) electrons. The van der Waals surface area contributed by atoms with E-state index in [-0.39, 0.29) is 0 Å². The number of nitrogens with zero attached hydrogens (tertiary/aromatic N) is 3. The van der Waals surface area contributed by atoms with Crippen LogP contribution in [-0.4, -0.2) is 34.2 Å². The Balaban J connectivity index is 1.65. The van der Waals surface area contributed by atoms with Gasteiger partial charge < -0.3 is 10.1 Å². The second-order valence-electron chi connectivity index (χ2n) is 4.75. The summed E-state index contributed by atoms with van der Waals surface area (Å²) in [6.45, 7) is 1.75. The van der Waals surface area contributed by atoms with E-state index in [1.807, 2.05) is 12.1 Å². The van der Waals surface area contributed by atoms with Gasteiger partial charge in [0.15, 0.2) is 0 Å². The molecule has 1 fully saturated rings. The first-order chi connectivity index (χ1) is 9.42. The average Bonchev–Trinajstić information content (AvgIpc) is 2.86. The largest absolute Gasteiger partial charge is 0.382 e. The van der Waals surface area contributed by atoms with E-state index in [0.29, 0.717) is 6.04 Å². The van der Waals surface area contributed by atoms with Gasteiger partial charge in [-0.3, -0.25) is 0 Å². The summed E-state index contributed by atoms with van der Waals surface area (Å²) in [5, 5.41) is 11.8. The molecular weight excluding hydrogens is 240 g/mol. The van der Waals surface area contributed by atoms with Crippen molar-refractivity contribution >= 4 is 5.69 Å². The molecule has 2 heterocycles. The summed E-state index contributed by atoms with van der Waals surface area (Å²) in [7, 11) is 0. The second-order valence-corrected chi connectivity index (χ2v) is 4.75. The molecule has 2 aromatic rings. The molecule has 1 atom stereocenters. The quantitative estimate of drug-likeness (QED) is 0.917. The number of rotatable bonds is 3. The van der Waals surface area contributed by atoms with E-state index in [1.54, 1.807) is 17.2 Å². The highest BCUT2D eigenvalue weighted by molar-refractivity contribution is 5.48. The minimum absolute atomic E-state index is 0.510. The normalized spacial score (nSPS) is 19.9. The summed E-state index contributed by atoms with van der Waals surface area (Å²) in [4.78, 5) is 1.61. The zero-order valence-corrected chi connectivity index (χ0v) is 10.8. The number of ether oxygens (including phenoxy) is 1. The highest BCUT2D eigenvalue weighted by Gasteiger charge is 2.11. The van der Waals surface area contributed by atoms with E-state index >= 15 is 0 Å². The van der Waals surface area contributed by atoms with Crippen LogP contribution in [0.1, 0.15) is 19.3 Å². The van der Waals surface area contributed by atoms with Crippen LogP contribution in [0, 0.1) is 0 Å². The molecule has 5 nitrogen and oxygen atoms in total. The van der Waals surface area contributed by atoms with Crippen molar-refractivity contribution in [2.45, 2.75) is 25.3 Å². The highest BCUT2D eigenvalue weighted by Crippen LogP contribution is 2.17. The third kappa shape index (κ3) is 3.12. The maximum Gasteiger partial charge on any atom is 0.0858 e. The van der Waals surface area contributed by atoms with E-state index in [4.69, 9.17) is 4.74 Å². The van der Waals surface area contributed by atoms with Crippen molar-refractivity contribution < 1.29 is 4.74 Å². The lowest BCUT2D eigenvalue weighted by Gasteiger charge is -2.17. The number of anilines is 1. The zero-order chi connectivity index (χ0) is 12.9. The minimum Gasteiger partial charge on any atom is -0.382 e. The first-order valence-electron chi connectivity index (χ1n) is 6.73. The van der Waals surface area contributed by atoms with Crippen LogP contribution in [0.4, 0.5) is 5.69 Å². The second kappa shape index (κ2) is 5.84. The fourth-order valence-corrected chi connectivity index (χ4v) is 2.32. The van der Waals surface area contributed by atoms with Crippen LogP contribution in [-0.2, 0) is 4.74 Å². The van der Waals surface area contributed by atoms with Crippen molar-refractivity contribution in [3.05, 3.63) is 36.7 Å². The molecule has 0 amide bonds. The third-order valence-corrected chi connectivity index (χ3v) is 3.34. The van der Waals surface area contributed by atoms with Gasteiger partial charge in [0, 0.05) is 24.9 Å². The Morgan fingerprint density at radius 1 is 1.05 bits per heavy atom. The molecule has 0 bridgehead atoms. The summed E-state index contributed by atoms with van der Waals surface area (Å²) in [6.07, 6.45) is 6.73. The summed E-state index contributed by atoms with van der Waals surface area (Å²) in [5.41, 5.74) is 2.11. The number of benzene rings is 1. The van der Waals surface area contributed by atoms with Gasteiger partial charge in [-0.1, -0.05) is 0 Å². The van der Waals surface area contributed by atoms with Gasteiger partial charge in [0.1, 0.15) is 0 Å². The van der Waals surface area contributed by atoms with Crippen molar-refractivity contribution in [2.75, 3.05) is 18.5 Å². The topological polar surface area (TPSA) is 52.0 Å². The van der Waals surface area contributed by atoms with Gasteiger partial charge in [-0.05, 0) is 43.5 Å². The lowest BCUT2D eigenvalue weighted by Crippen LogP contribution is -2.19. The van der Waals surface area contributed by atoms with Gasteiger partial charge in [-0.15, -0.1) is 0 Å². The zero-order valence-electron chi connectivity index (χ0n) is 10.8. The Morgan fingerprint density at radius 3 is 2.63 bits per heavy atom. The van der Waals surface area contributed by atoms with Crippen LogP contribution < -0.4 is 5.32 Å². The maximum absolute atomic E-state index is 5.47. The van der Waals surface area contributed by atoms with Crippen LogP contribution in [0.2, 0.25) is 0 Å².